The number of hydrogen-bond acceptors (Lipinski definition) is 3. The maximum Gasteiger partial charge on any atom is 0.256 e. The number of halogens is 2. The molecule has 0 aromatic carbocycles. The molecule has 0 aliphatic rings. The number of rotatable bonds is 2. The largest absolute Gasteiger partial charge is 0.307 e. The second kappa shape index (κ2) is 5.25. The molecule has 0 unspecified atom stereocenters. The fourth-order valence-electron chi connectivity index (χ4n) is 1.21. The summed E-state index contributed by atoms with van der Waals surface area (Å²) >= 11 is 8.99. The van der Waals surface area contributed by atoms with Crippen LogP contribution < -0.4 is 5.32 Å². The van der Waals surface area contributed by atoms with Crippen molar-refractivity contribution in [1.82, 2.24) is 9.97 Å². The third-order valence-corrected chi connectivity index (χ3v) is 2.62. The van der Waals surface area contributed by atoms with Crippen LogP contribution in [0, 0.1) is 0 Å². The van der Waals surface area contributed by atoms with Crippen LogP contribution in [0.15, 0.2) is 41.3 Å². The van der Waals surface area contributed by atoms with Gasteiger partial charge >= 0.3 is 0 Å². The first kappa shape index (κ1) is 12.0. The molecule has 0 bridgehead atoms. The van der Waals surface area contributed by atoms with Gasteiger partial charge < -0.3 is 5.32 Å². The average molecular weight is 313 g/mol. The Hall–Kier alpha value is -1.46. The molecule has 1 amide bonds. The fourth-order valence-corrected chi connectivity index (χ4v) is 1.73. The van der Waals surface area contributed by atoms with Crippen molar-refractivity contribution in [3.05, 3.63) is 51.8 Å². The van der Waals surface area contributed by atoms with Crippen molar-refractivity contribution in [3.63, 3.8) is 0 Å². The summed E-state index contributed by atoms with van der Waals surface area (Å²) in [4.78, 5) is 19.8. The molecular formula is C11H7BrClN3O. The number of amides is 1. The zero-order chi connectivity index (χ0) is 12.3. The molecule has 1 N–H and O–H groups in total. The first-order valence-corrected chi connectivity index (χ1v) is 5.87. The molecule has 0 aliphatic carbocycles. The van der Waals surface area contributed by atoms with E-state index < -0.39 is 0 Å². The summed E-state index contributed by atoms with van der Waals surface area (Å²) in [6.45, 7) is 0. The monoisotopic (exact) mass is 311 g/mol. The highest BCUT2D eigenvalue weighted by molar-refractivity contribution is 9.10. The second-order valence-corrected chi connectivity index (χ2v) is 4.43. The van der Waals surface area contributed by atoms with E-state index in [9.17, 15) is 4.79 Å². The third kappa shape index (κ3) is 3.25. The van der Waals surface area contributed by atoms with Gasteiger partial charge in [-0.2, -0.15) is 0 Å². The van der Waals surface area contributed by atoms with Crippen LogP contribution in [0.5, 0.6) is 0 Å². The molecule has 0 fully saturated rings. The molecule has 2 aromatic heterocycles. The van der Waals surface area contributed by atoms with Crippen LogP contribution in [0.2, 0.25) is 5.02 Å². The van der Waals surface area contributed by atoms with E-state index in [2.05, 4.69) is 31.2 Å². The molecule has 86 valence electrons. The standard InChI is InChI=1S/C11H7BrClN3O/c12-9-5-7(1-3-14-9)11(17)16-10-6-8(13)2-4-15-10/h1-6H,(H,15,16,17). The van der Waals surface area contributed by atoms with Crippen LogP contribution in [0.25, 0.3) is 0 Å². The van der Waals surface area contributed by atoms with Gasteiger partial charge in [0.05, 0.1) is 0 Å². The number of nitrogens with zero attached hydrogens (tertiary/aromatic N) is 2. The summed E-state index contributed by atoms with van der Waals surface area (Å²) in [5, 5.41) is 3.16. The van der Waals surface area contributed by atoms with E-state index in [4.69, 9.17) is 11.6 Å². The van der Waals surface area contributed by atoms with Gasteiger partial charge in [0.15, 0.2) is 0 Å². The molecular weight excluding hydrogens is 305 g/mol. The molecule has 2 heterocycles. The minimum absolute atomic E-state index is 0.261. The van der Waals surface area contributed by atoms with E-state index in [0.717, 1.165) is 0 Å². The van der Waals surface area contributed by atoms with Gasteiger partial charge in [-0.3, -0.25) is 4.79 Å². The zero-order valence-corrected chi connectivity index (χ0v) is 10.9. The van der Waals surface area contributed by atoms with E-state index in [1.807, 2.05) is 0 Å². The summed E-state index contributed by atoms with van der Waals surface area (Å²) < 4.78 is 0.601. The van der Waals surface area contributed by atoms with Crippen LogP contribution >= 0.6 is 27.5 Å². The molecule has 4 nitrogen and oxygen atoms in total. The summed E-state index contributed by atoms with van der Waals surface area (Å²) in [6.07, 6.45) is 3.07. The number of aromatic nitrogens is 2. The van der Waals surface area contributed by atoms with Crippen molar-refractivity contribution in [2.45, 2.75) is 0 Å². The molecule has 0 atom stereocenters. The van der Waals surface area contributed by atoms with E-state index in [1.54, 1.807) is 30.5 Å². The molecule has 0 radical (unpaired) electrons. The summed E-state index contributed by atoms with van der Waals surface area (Å²) in [5.74, 6) is 0.151. The van der Waals surface area contributed by atoms with Crippen molar-refractivity contribution in [3.8, 4) is 0 Å². The Labute approximate surface area is 111 Å². The van der Waals surface area contributed by atoms with Gasteiger partial charge in [-0.05, 0) is 40.2 Å². The number of carbonyl (C=O) groups excluding carboxylic acids is 1. The van der Waals surface area contributed by atoms with Crippen molar-refractivity contribution < 1.29 is 4.79 Å². The molecule has 0 aliphatic heterocycles. The van der Waals surface area contributed by atoms with Crippen molar-refractivity contribution in [2.24, 2.45) is 0 Å². The summed E-state index contributed by atoms with van der Waals surface area (Å²) in [6, 6.07) is 6.46. The lowest BCUT2D eigenvalue weighted by atomic mass is 10.2. The molecule has 2 aromatic rings. The predicted molar refractivity (Wildman–Crippen MR) is 69.1 cm³/mol. The Balaban J connectivity index is 2.17. The van der Waals surface area contributed by atoms with Crippen molar-refractivity contribution >= 4 is 39.3 Å². The minimum Gasteiger partial charge on any atom is -0.307 e. The highest BCUT2D eigenvalue weighted by atomic mass is 79.9. The summed E-state index contributed by atoms with van der Waals surface area (Å²) in [7, 11) is 0. The Morgan fingerprint density at radius 2 is 2.00 bits per heavy atom. The van der Waals surface area contributed by atoms with Gasteiger partial charge in [0, 0.05) is 23.0 Å². The van der Waals surface area contributed by atoms with Crippen LogP contribution in [0.3, 0.4) is 0 Å². The fraction of sp³-hybridized carbons (Fsp3) is 0. The van der Waals surface area contributed by atoms with Crippen molar-refractivity contribution in [1.29, 1.82) is 0 Å². The molecule has 0 saturated heterocycles. The topological polar surface area (TPSA) is 54.9 Å². The molecule has 0 saturated carbocycles. The molecule has 17 heavy (non-hydrogen) atoms. The average Bonchev–Trinajstić information content (AvgIpc) is 2.29. The Morgan fingerprint density at radius 1 is 1.24 bits per heavy atom. The van der Waals surface area contributed by atoms with E-state index in [0.29, 0.717) is 21.0 Å². The molecule has 6 heteroatoms. The van der Waals surface area contributed by atoms with Gasteiger partial charge in [-0.25, -0.2) is 9.97 Å². The lowest BCUT2D eigenvalue weighted by Gasteiger charge is -2.04. The second-order valence-electron chi connectivity index (χ2n) is 3.18. The van der Waals surface area contributed by atoms with Gasteiger partial charge in [0.25, 0.3) is 5.91 Å². The van der Waals surface area contributed by atoms with Crippen LogP contribution in [0.4, 0.5) is 5.82 Å². The number of carbonyl (C=O) groups is 1. The molecule has 0 spiro atoms. The van der Waals surface area contributed by atoms with E-state index in [1.165, 1.54) is 6.20 Å². The maximum absolute atomic E-state index is 11.8. The Morgan fingerprint density at radius 3 is 2.71 bits per heavy atom. The minimum atomic E-state index is -0.261. The van der Waals surface area contributed by atoms with Gasteiger partial charge in [-0.15, -0.1) is 0 Å². The number of hydrogen-bond donors (Lipinski definition) is 1. The molecule has 2 rings (SSSR count). The predicted octanol–water partition coefficient (Wildman–Crippen LogP) is 3.14. The zero-order valence-electron chi connectivity index (χ0n) is 8.52. The Bertz CT molecular complexity index is 562. The maximum atomic E-state index is 11.8. The van der Waals surface area contributed by atoms with E-state index in [-0.39, 0.29) is 5.91 Å². The number of pyridine rings is 2. The SMILES string of the molecule is O=C(Nc1cc(Cl)ccn1)c1ccnc(Br)c1. The number of nitrogens with one attached hydrogen (secondary N) is 1. The van der Waals surface area contributed by atoms with Gasteiger partial charge in [0.2, 0.25) is 0 Å². The quantitative estimate of drug-likeness (QED) is 0.867. The normalized spacial score (nSPS) is 10.0. The third-order valence-electron chi connectivity index (χ3n) is 1.95. The van der Waals surface area contributed by atoms with Crippen molar-refractivity contribution in [2.75, 3.05) is 5.32 Å². The van der Waals surface area contributed by atoms with Crippen LogP contribution in [-0.2, 0) is 0 Å². The highest BCUT2D eigenvalue weighted by Gasteiger charge is 2.07. The highest BCUT2D eigenvalue weighted by Crippen LogP contribution is 2.14. The van der Waals surface area contributed by atoms with Crippen LogP contribution in [-0.4, -0.2) is 15.9 Å². The first-order chi connectivity index (χ1) is 8.15. The lowest BCUT2D eigenvalue weighted by molar-refractivity contribution is 0.102. The number of anilines is 1. The first-order valence-electron chi connectivity index (χ1n) is 4.69. The summed E-state index contributed by atoms with van der Waals surface area (Å²) in [5.41, 5.74) is 0.494. The van der Waals surface area contributed by atoms with Gasteiger partial charge in [-0.1, -0.05) is 11.6 Å². The van der Waals surface area contributed by atoms with Gasteiger partial charge in [0.1, 0.15) is 10.4 Å². The lowest BCUT2D eigenvalue weighted by Crippen LogP contribution is -2.12. The Kier molecular flexibility index (Phi) is 3.71. The van der Waals surface area contributed by atoms with Crippen LogP contribution in [0.1, 0.15) is 10.4 Å². The van der Waals surface area contributed by atoms with E-state index >= 15 is 0 Å². The smallest absolute Gasteiger partial charge is 0.256 e.